The normalized spacial score (nSPS) is 16.3. The minimum Gasteiger partial charge on any atom is -0.489 e. The molecule has 0 aliphatic heterocycles. The van der Waals surface area contributed by atoms with Crippen LogP contribution >= 0.6 is 0 Å². The van der Waals surface area contributed by atoms with E-state index in [1.54, 1.807) is 24.3 Å². The summed E-state index contributed by atoms with van der Waals surface area (Å²) in [5, 5.41) is 11.1. The van der Waals surface area contributed by atoms with Gasteiger partial charge >= 0.3 is 0 Å². The van der Waals surface area contributed by atoms with Gasteiger partial charge in [0.15, 0.2) is 0 Å². The third-order valence-electron chi connectivity index (χ3n) is 7.26. The highest BCUT2D eigenvalue weighted by Crippen LogP contribution is 2.50. The Kier molecular flexibility index (Phi) is 6.98. The van der Waals surface area contributed by atoms with E-state index in [1.165, 1.54) is 16.7 Å². The second-order valence-corrected chi connectivity index (χ2v) is 11.1. The van der Waals surface area contributed by atoms with Crippen LogP contribution in [0, 0.1) is 18.8 Å². The third kappa shape index (κ3) is 5.48. The van der Waals surface area contributed by atoms with Crippen LogP contribution in [0.2, 0.25) is 0 Å². The molecule has 0 fully saturated rings. The molecule has 1 aliphatic rings. The largest absolute Gasteiger partial charge is 0.489 e. The Hall–Kier alpha value is -3.55. The number of primary amides is 1. The zero-order valence-electron chi connectivity index (χ0n) is 21.8. The molecule has 0 saturated heterocycles. The van der Waals surface area contributed by atoms with Crippen molar-refractivity contribution >= 4 is 5.91 Å². The van der Waals surface area contributed by atoms with Crippen LogP contribution < -0.4 is 10.5 Å². The summed E-state index contributed by atoms with van der Waals surface area (Å²) in [6.07, 6.45) is 1.15. The molecule has 4 rings (SSSR count). The van der Waals surface area contributed by atoms with Crippen LogP contribution in [-0.2, 0) is 17.4 Å². The fourth-order valence-electron chi connectivity index (χ4n) is 4.82. The monoisotopic (exact) mass is 481 g/mol. The first-order valence-corrected chi connectivity index (χ1v) is 12.4. The molecule has 1 atom stereocenters. The number of rotatable bonds is 5. The van der Waals surface area contributed by atoms with Crippen LogP contribution in [0.25, 0.3) is 0 Å². The Bertz CT molecular complexity index is 1320. The number of benzene rings is 3. The first-order chi connectivity index (χ1) is 17.0. The highest BCUT2D eigenvalue weighted by molar-refractivity contribution is 5.92. The molecule has 3 N–H and O–H groups in total. The Morgan fingerprint density at radius 3 is 2.28 bits per heavy atom. The van der Waals surface area contributed by atoms with Gasteiger partial charge in [-0.15, -0.1) is 0 Å². The molecule has 0 aromatic heterocycles. The van der Waals surface area contributed by atoms with Gasteiger partial charge in [-0.1, -0.05) is 75.4 Å². The zero-order valence-corrected chi connectivity index (χ0v) is 21.8. The number of amides is 1. The highest BCUT2D eigenvalue weighted by atomic mass is 16.5. The lowest BCUT2D eigenvalue weighted by molar-refractivity contribution is 0.1000. The second kappa shape index (κ2) is 9.84. The van der Waals surface area contributed by atoms with Crippen LogP contribution in [0.1, 0.15) is 90.4 Å². The zero-order chi connectivity index (χ0) is 26.1. The number of carbonyl (C=O) groups excluding carboxylic acids is 1. The summed E-state index contributed by atoms with van der Waals surface area (Å²) in [5.41, 5.74) is 11.8. The molecular formula is C32H35NO3. The van der Waals surface area contributed by atoms with Gasteiger partial charge in [0.1, 0.15) is 18.5 Å². The van der Waals surface area contributed by atoms with Gasteiger partial charge in [0.05, 0.1) is 0 Å². The average Bonchev–Trinajstić information content (AvgIpc) is 2.85. The molecule has 0 heterocycles. The molecule has 4 heteroatoms. The molecule has 186 valence electrons. The van der Waals surface area contributed by atoms with Gasteiger partial charge < -0.3 is 15.6 Å². The number of hydrogen-bond donors (Lipinski definition) is 2. The maximum Gasteiger partial charge on any atom is 0.248 e. The minimum atomic E-state index is -0.978. The van der Waals surface area contributed by atoms with Gasteiger partial charge in [0.25, 0.3) is 0 Å². The van der Waals surface area contributed by atoms with E-state index in [-0.39, 0.29) is 10.8 Å². The molecular weight excluding hydrogens is 446 g/mol. The molecule has 0 radical (unpaired) electrons. The van der Waals surface area contributed by atoms with Gasteiger partial charge in [-0.25, -0.2) is 0 Å². The summed E-state index contributed by atoms with van der Waals surface area (Å²) in [4.78, 5) is 11.3. The number of fused-ring (bicyclic) bond motifs is 1. The number of carbonyl (C=O) groups is 1. The van der Waals surface area contributed by atoms with Crippen molar-refractivity contribution < 1.29 is 14.6 Å². The van der Waals surface area contributed by atoms with Gasteiger partial charge in [0.2, 0.25) is 5.91 Å². The number of aryl methyl sites for hydroxylation is 1. The van der Waals surface area contributed by atoms with E-state index >= 15 is 0 Å². The van der Waals surface area contributed by atoms with Crippen molar-refractivity contribution in [3.8, 4) is 17.6 Å². The fourth-order valence-corrected chi connectivity index (χ4v) is 4.82. The van der Waals surface area contributed by atoms with E-state index in [0.29, 0.717) is 17.7 Å². The van der Waals surface area contributed by atoms with E-state index in [1.807, 2.05) is 6.07 Å². The standard InChI is InChI=1S/C32H35NO3/c1-21-6-8-23(9-7-21)20-36-28-19-25(18-26-29(28)32(4,5)17-16-31(26,2)3)27(34)15-12-22-10-13-24(14-11-22)30(33)35/h6-11,13-14,18-19,27,34H,16-17,20H2,1-5H3,(H2,33,35). The van der Waals surface area contributed by atoms with Crippen molar-refractivity contribution in [1.29, 1.82) is 0 Å². The maximum absolute atomic E-state index is 11.3. The van der Waals surface area contributed by atoms with Crippen molar-refractivity contribution in [2.45, 2.75) is 71.0 Å². The lowest BCUT2D eigenvalue weighted by atomic mass is 9.62. The van der Waals surface area contributed by atoms with E-state index in [4.69, 9.17) is 10.5 Å². The molecule has 1 aliphatic carbocycles. The summed E-state index contributed by atoms with van der Waals surface area (Å²) >= 11 is 0. The summed E-state index contributed by atoms with van der Waals surface area (Å²) < 4.78 is 6.45. The number of aliphatic hydroxyl groups is 1. The topological polar surface area (TPSA) is 72.6 Å². The molecule has 0 spiro atoms. The highest BCUT2D eigenvalue weighted by Gasteiger charge is 2.40. The van der Waals surface area contributed by atoms with Crippen LogP contribution in [0.4, 0.5) is 0 Å². The van der Waals surface area contributed by atoms with Gasteiger partial charge in [-0.3, -0.25) is 4.79 Å². The van der Waals surface area contributed by atoms with Gasteiger partial charge in [0, 0.05) is 16.7 Å². The first kappa shape index (κ1) is 25.5. The quantitative estimate of drug-likeness (QED) is 0.432. The predicted octanol–water partition coefficient (Wildman–Crippen LogP) is 6.11. The number of aliphatic hydroxyl groups excluding tert-OH is 1. The van der Waals surface area contributed by atoms with Gasteiger partial charge in [-0.05, 0) is 77.6 Å². The van der Waals surface area contributed by atoms with Crippen molar-refractivity contribution in [2.24, 2.45) is 5.73 Å². The molecule has 1 amide bonds. The summed E-state index contributed by atoms with van der Waals surface area (Å²) in [6.45, 7) is 11.6. The summed E-state index contributed by atoms with van der Waals surface area (Å²) in [6, 6.07) is 19.1. The number of ether oxygens (including phenoxy) is 1. The Labute approximate surface area is 214 Å². The van der Waals surface area contributed by atoms with Crippen molar-refractivity contribution in [2.75, 3.05) is 0 Å². The molecule has 4 nitrogen and oxygen atoms in total. The molecule has 0 saturated carbocycles. The average molecular weight is 482 g/mol. The predicted molar refractivity (Wildman–Crippen MR) is 144 cm³/mol. The lowest BCUT2D eigenvalue weighted by Crippen LogP contribution is -2.34. The first-order valence-electron chi connectivity index (χ1n) is 12.4. The Morgan fingerprint density at radius 2 is 1.64 bits per heavy atom. The van der Waals surface area contributed by atoms with Crippen LogP contribution in [0.3, 0.4) is 0 Å². The van der Waals surface area contributed by atoms with E-state index in [0.717, 1.165) is 29.7 Å². The smallest absolute Gasteiger partial charge is 0.248 e. The minimum absolute atomic E-state index is 0.0369. The molecule has 3 aromatic rings. The maximum atomic E-state index is 11.3. The second-order valence-electron chi connectivity index (χ2n) is 11.1. The van der Waals surface area contributed by atoms with Crippen molar-refractivity contribution in [3.63, 3.8) is 0 Å². The SMILES string of the molecule is Cc1ccc(COc2cc(C(O)C#Cc3ccc(C(N)=O)cc3)cc3c2C(C)(C)CCC3(C)C)cc1. The van der Waals surface area contributed by atoms with E-state index in [2.05, 4.69) is 76.8 Å². The number of nitrogens with two attached hydrogens (primary N) is 1. The van der Waals surface area contributed by atoms with Crippen LogP contribution in [0.5, 0.6) is 5.75 Å². The molecule has 36 heavy (non-hydrogen) atoms. The number of hydrogen-bond acceptors (Lipinski definition) is 3. The van der Waals surface area contributed by atoms with Crippen molar-refractivity contribution in [1.82, 2.24) is 0 Å². The summed E-state index contributed by atoms with van der Waals surface area (Å²) in [5.74, 6) is 6.31. The molecule has 3 aromatic carbocycles. The van der Waals surface area contributed by atoms with Crippen molar-refractivity contribution in [3.05, 3.63) is 99.6 Å². The third-order valence-corrected chi connectivity index (χ3v) is 7.26. The van der Waals surface area contributed by atoms with Crippen LogP contribution in [-0.4, -0.2) is 11.0 Å². The van der Waals surface area contributed by atoms with Gasteiger partial charge in [-0.2, -0.15) is 0 Å². The molecule has 1 unspecified atom stereocenters. The fraction of sp³-hybridized carbons (Fsp3) is 0.344. The Morgan fingerprint density at radius 1 is 1.00 bits per heavy atom. The lowest BCUT2D eigenvalue weighted by Gasteiger charge is -2.43. The van der Waals surface area contributed by atoms with E-state index < -0.39 is 12.0 Å². The Balaban J connectivity index is 1.71. The molecule has 0 bridgehead atoms. The van der Waals surface area contributed by atoms with E-state index in [9.17, 15) is 9.90 Å². The van der Waals surface area contributed by atoms with Crippen LogP contribution in [0.15, 0.2) is 60.7 Å². The summed E-state index contributed by atoms with van der Waals surface area (Å²) in [7, 11) is 0.